The minimum absolute atomic E-state index is 0.128. The van der Waals surface area contributed by atoms with Crippen LogP contribution in [0.2, 0.25) is 0 Å². The molecule has 0 saturated heterocycles. The molecule has 152 valence electrons. The molecule has 2 N–H and O–H groups in total. The van der Waals surface area contributed by atoms with E-state index in [9.17, 15) is 14.4 Å². The summed E-state index contributed by atoms with van der Waals surface area (Å²) in [7, 11) is 1.52. The minimum Gasteiger partial charge on any atom is -0.497 e. The molecule has 2 amide bonds. The number of rotatable bonds is 7. The molecule has 0 aromatic heterocycles. The van der Waals surface area contributed by atoms with Crippen molar-refractivity contribution in [2.24, 2.45) is 0 Å². The highest BCUT2D eigenvalue weighted by atomic mass is 16.7. The van der Waals surface area contributed by atoms with Crippen molar-refractivity contribution >= 4 is 23.5 Å². The zero-order valence-corrected chi connectivity index (χ0v) is 15.9. The maximum absolute atomic E-state index is 12.2. The average Bonchev–Trinajstić information content (AvgIpc) is 3.19. The lowest BCUT2D eigenvalue weighted by atomic mass is 10.2. The number of methoxy groups -OCH3 is 1. The van der Waals surface area contributed by atoms with Crippen molar-refractivity contribution in [3.05, 3.63) is 48.0 Å². The second-order valence-corrected chi connectivity index (χ2v) is 6.10. The Morgan fingerprint density at radius 3 is 2.52 bits per heavy atom. The van der Waals surface area contributed by atoms with Gasteiger partial charge in [-0.1, -0.05) is 0 Å². The van der Waals surface area contributed by atoms with E-state index in [4.69, 9.17) is 18.9 Å². The fourth-order valence-electron chi connectivity index (χ4n) is 2.51. The highest BCUT2D eigenvalue weighted by Crippen LogP contribution is 2.34. The van der Waals surface area contributed by atoms with Crippen LogP contribution in [0.5, 0.6) is 17.2 Å². The highest BCUT2D eigenvalue weighted by molar-refractivity contribution is 5.97. The van der Waals surface area contributed by atoms with E-state index in [1.165, 1.54) is 14.0 Å². The fourth-order valence-corrected chi connectivity index (χ4v) is 2.51. The van der Waals surface area contributed by atoms with Gasteiger partial charge in [0.2, 0.25) is 6.79 Å². The van der Waals surface area contributed by atoms with Crippen LogP contribution in [-0.4, -0.2) is 44.3 Å². The molecule has 3 rings (SSSR count). The molecule has 0 aliphatic carbocycles. The smallest absolute Gasteiger partial charge is 0.326 e. The summed E-state index contributed by atoms with van der Waals surface area (Å²) >= 11 is 0. The fraction of sp³-hybridized carbons (Fsp3) is 0.250. The summed E-state index contributed by atoms with van der Waals surface area (Å²) in [6.45, 7) is 1.20. The van der Waals surface area contributed by atoms with Gasteiger partial charge in [0.05, 0.1) is 7.11 Å². The van der Waals surface area contributed by atoms with Crippen molar-refractivity contribution < 1.29 is 33.3 Å². The molecule has 0 unspecified atom stereocenters. The van der Waals surface area contributed by atoms with Crippen molar-refractivity contribution in [2.75, 3.05) is 25.8 Å². The largest absolute Gasteiger partial charge is 0.497 e. The van der Waals surface area contributed by atoms with Gasteiger partial charge in [0.15, 0.2) is 17.6 Å². The molecule has 9 nitrogen and oxygen atoms in total. The molecule has 0 saturated carbocycles. The Hall–Kier alpha value is -3.75. The average molecular weight is 400 g/mol. The summed E-state index contributed by atoms with van der Waals surface area (Å²) in [5.41, 5.74) is 0.849. The molecular weight excluding hydrogens is 380 g/mol. The van der Waals surface area contributed by atoms with E-state index in [-0.39, 0.29) is 13.3 Å². The van der Waals surface area contributed by atoms with Gasteiger partial charge in [-0.3, -0.25) is 14.4 Å². The molecule has 1 aliphatic heterocycles. The molecule has 0 spiro atoms. The van der Waals surface area contributed by atoms with Crippen molar-refractivity contribution in [1.82, 2.24) is 5.32 Å². The Morgan fingerprint density at radius 1 is 1.07 bits per heavy atom. The molecule has 2 aromatic carbocycles. The summed E-state index contributed by atoms with van der Waals surface area (Å²) in [5, 5.41) is 5.07. The Morgan fingerprint density at radius 2 is 1.79 bits per heavy atom. The number of carbonyl (C=O) groups excluding carboxylic acids is 3. The molecular formula is C20H20N2O7. The molecule has 2 aromatic rings. The van der Waals surface area contributed by atoms with Crippen LogP contribution in [0.1, 0.15) is 17.3 Å². The lowest BCUT2D eigenvalue weighted by Gasteiger charge is -2.14. The van der Waals surface area contributed by atoms with Gasteiger partial charge < -0.3 is 29.6 Å². The van der Waals surface area contributed by atoms with Crippen LogP contribution in [0.15, 0.2) is 42.5 Å². The number of hydrogen-bond donors (Lipinski definition) is 2. The Labute approximate surface area is 166 Å². The first-order valence-corrected chi connectivity index (χ1v) is 8.78. The maximum atomic E-state index is 12.2. The number of carbonyl (C=O) groups is 3. The summed E-state index contributed by atoms with van der Waals surface area (Å²) in [4.78, 5) is 36.2. The molecule has 29 heavy (non-hydrogen) atoms. The number of nitrogens with one attached hydrogen (secondary N) is 2. The molecule has 1 atom stereocenters. The second kappa shape index (κ2) is 8.96. The van der Waals surface area contributed by atoms with Crippen molar-refractivity contribution in [3.63, 3.8) is 0 Å². The molecule has 1 heterocycles. The molecule has 9 heteroatoms. The number of ether oxygens (including phenoxy) is 4. The van der Waals surface area contributed by atoms with Crippen LogP contribution in [0.4, 0.5) is 5.69 Å². The number of anilines is 1. The van der Waals surface area contributed by atoms with Crippen LogP contribution >= 0.6 is 0 Å². The van der Waals surface area contributed by atoms with E-state index >= 15 is 0 Å². The first-order valence-electron chi connectivity index (χ1n) is 8.78. The van der Waals surface area contributed by atoms with E-state index in [1.807, 2.05) is 0 Å². The lowest BCUT2D eigenvalue weighted by Crippen LogP contribution is -2.35. The predicted octanol–water partition coefficient (Wildman–Crippen LogP) is 1.72. The zero-order valence-electron chi connectivity index (χ0n) is 15.9. The second-order valence-electron chi connectivity index (χ2n) is 6.10. The number of amides is 2. The van der Waals surface area contributed by atoms with Crippen molar-refractivity contribution in [3.8, 4) is 17.2 Å². The lowest BCUT2D eigenvalue weighted by molar-refractivity contribution is -0.152. The van der Waals surface area contributed by atoms with Crippen LogP contribution in [-0.2, 0) is 14.3 Å². The van der Waals surface area contributed by atoms with E-state index in [1.54, 1.807) is 42.5 Å². The highest BCUT2D eigenvalue weighted by Gasteiger charge is 2.20. The van der Waals surface area contributed by atoms with Gasteiger partial charge in [-0.2, -0.15) is 0 Å². The van der Waals surface area contributed by atoms with Crippen LogP contribution in [0.25, 0.3) is 0 Å². The quantitative estimate of drug-likeness (QED) is 0.681. The topological polar surface area (TPSA) is 112 Å². The van der Waals surface area contributed by atoms with Gasteiger partial charge in [-0.15, -0.1) is 0 Å². The van der Waals surface area contributed by atoms with E-state index < -0.39 is 23.9 Å². The van der Waals surface area contributed by atoms with E-state index in [0.717, 1.165) is 0 Å². The standard InChI is InChI=1S/C20H20N2O7/c1-12(19(24)22-14-5-8-16-17(9-14)28-11-27-16)29-18(23)10-21-20(25)13-3-6-15(26-2)7-4-13/h3-9,12H,10-11H2,1-2H3,(H,21,25)(H,22,24)/t12-/m0/s1. The van der Waals surface area contributed by atoms with Crippen molar-refractivity contribution in [1.29, 1.82) is 0 Å². The molecule has 0 radical (unpaired) electrons. The molecule has 0 bridgehead atoms. The van der Waals surface area contributed by atoms with Crippen molar-refractivity contribution in [2.45, 2.75) is 13.0 Å². The molecule has 0 fully saturated rings. The summed E-state index contributed by atoms with van der Waals surface area (Å²) < 4.78 is 20.5. The maximum Gasteiger partial charge on any atom is 0.326 e. The Kier molecular flexibility index (Phi) is 6.18. The first-order chi connectivity index (χ1) is 14.0. The normalized spacial score (nSPS) is 12.6. The van der Waals surface area contributed by atoms with Gasteiger partial charge in [-0.25, -0.2) is 0 Å². The predicted molar refractivity (Wildman–Crippen MR) is 102 cm³/mol. The summed E-state index contributed by atoms with van der Waals surface area (Å²) in [6, 6.07) is 11.3. The third-order valence-electron chi connectivity index (χ3n) is 4.06. The number of fused-ring (bicyclic) bond motifs is 1. The third-order valence-corrected chi connectivity index (χ3v) is 4.06. The van der Waals surface area contributed by atoms with E-state index in [0.29, 0.717) is 28.5 Å². The van der Waals surface area contributed by atoms with Gasteiger partial charge in [-0.05, 0) is 43.3 Å². The summed E-state index contributed by atoms with van der Waals surface area (Å²) in [6.07, 6.45) is -1.05. The Balaban J connectivity index is 1.45. The monoisotopic (exact) mass is 400 g/mol. The van der Waals surface area contributed by atoms with Crippen LogP contribution in [0.3, 0.4) is 0 Å². The number of benzene rings is 2. The zero-order chi connectivity index (χ0) is 20.8. The SMILES string of the molecule is COc1ccc(C(=O)NCC(=O)O[C@@H](C)C(=O)Nc2ccc3c(c2)OCO3)cc1. The van der Waals surface area contributed by atoms with Crippen LogP contribution in [0, 0.1) is 0 Å². The Bertz CT molecular complexity index is 912. The van der Waals surface area contributed by atoms with E-state index in [2.05, 4.69) is 10.6 Å². The minimum atomic E-state index is -1.05. The van der Waals surface area contributed by atoms with Gasteiger partial charge in [0, 0.05) is 17.3 Å². The van der Waals surface area contributed by atoms with Gasteiger partial charge in [0.1, 0.15) is 12.3 Å². The third kappa shape index (κ3) is 5.16. The number of hydrogen-bond acceptors (Lipinski definition) is 7. The number of esters is 1. The first kappa shape index (κ1) is 20.0. The molecule has 1 aliphatic rings. The van der Waals surface area contributed by atoms with Gasteiger partial charge in [0.25, 0.3) is 11.8 Å². The van der Waals surface area contributed by atoms with Gasteiger partial charge >= 0.3 is 5.97 Å². The summed E-state index contributed by atoms with van der Waals surface area (Å²) in [5.74, 6) is 0.0352. The van der Waals surface area contributed by atoms with Crippen LogP contribution < -0.4 is 24.8 Å².